The molecule has 0 fully saturated rings. The average Bonchev–Trinajstić information content (AvgIpc) is 3.06. The fourth-order valence-corrected chi connectivity index (χ4v) is 2.44. The Labute approximate surface area is 119 Å². The standard InChI is InChI=1S/C14H14N4O3/c19-13(20)10-3-1-4-11-12(10)18(14(21)16-11)7-2-6-17-8-5-15-9-17/h1,3-5,8-9H,2,6-7H2,(H,16,21)(H,19,20). The molecule has 0 saturated heterocycles. The molecular formula is C14H14N4O3. The predicted octanol–water partition coefficient (Wildman–Crippen LogP) is 1.31. The van der Waals surface area contributed by atoms with Crippen molar-refractivity contribution in [3.05, 3.63) is 53.0 Å². The molecule has 0 bridgehead atoms. The first kappa shape index (κ1) is 13.2. The van der Waals surface area contributed by atoms with Gasteiger partial charge in [0, 0.05) is 25.5 Å². The van der Waals surface area contributed by atoms with Gasteiger partial charge in [-0.3, -0.25) is 4.57 Å². The lowest BCUT2D eigenvalue weighted by Crippen LogP contribution is -2.18. The Kier molecular flexibility index (Phi) is 3.31. The molecule has 2 N–H and O–H groups in total. The maximum absolute atomic E-state index is 12.0. The monoisotopic (exact) mass is 286 g/mol. The third-order valence-corrected chi connectivity index (χ3v) is 3.38. The summed E-state index contributed by atoms with van der Waals surface area (Å²) in [6, 6.07) is 4.83. The Balaban J connectivity index is 1.92. The highest BCUT2D eigenvalue weighted by Crippen LogP contribution is 2.16. The van der Waals surface area contributed by atoms with E-state index in [0.29, 0.717) is 30.5 Å². The van der Waals surface area contributed by atoms with Crippen molar-refractivity contribution in [3.63, 3.8) is 0 Å². The summed E-state index contributed by atoms with van der Waals surface area (Å²) in [6.45, 7) is 1.16. The minimum Gasteiger partial charge on any atom is -0.478 e. The smallest absolute Gasteiger partial charge is 0.337 e. The number of imidazole rings is 2. The third kappa shape index (κ3) is 2.45. The summed E-state index contributed by atoms with van der Waals surface area (Å²) >= 11 is 0. The van der Waals surface area contributed by atoms with Crippen LogP contribution in [0.3, 0.4) is 0 Å². The molecular weight excluding hydrogens is 272 g/mol. The molecule has 2 aromatic heterocycles. The number of nitrogens with zero attached hydrogens (tertiary/aromatic N) is 3. The number of fused-ring (bicyclic) bond motifs is 1. The number of hydrogen-bond acceptors (Lipinski definition) is 3. The van der Waals surface area contributed by atoms with Crippen LogP contribution in [0, 0.1) is 0 Å². The molecule has 3 aromatic rings. The van der Waals surface area contributed by atoms with Gasteiger partial charge in [0.2, 0.25) is 0 Å². The summed E-state index contributed by atoms with van der Waals surface area (Å²) in [4.78, 5) is 29.9. The molecule has 0 aliphatic heterocycles. The lowest BCUT2D eigenvalue weighted by Gasteiger charge is -2.06. The third-order valence-electron chi connectivity index (χ3n) is 3.38. The number of aromatic amines is 1. The van der Waals surface area contributed by atoms with Gasteiger partial charge in [-0.25, -0.2) is 14.6 Å². The molecule has 1 aromatic carbocycles. The highest BCUT2D eigenvalue weighted by molar-refractivity contribution is 6.01. The summed E-state index contributed by atoms with van der Waals surface area (Å²) in [5, 5.41) is 9.25. The average molecular weight is 286 g/mol. The lowest BCUT2D eigenvalue weighted by molar-refractivity contribution is 0.0698. The highest BCUT2D eigenvalue weighted by atomic mass is 16.4. The molecule has 7 heteroatoms. The molecule has 2 heterocycles. The number of benzene rings is 1. The van der Waals surface area contributed by atoms with Gasteiger partial charge in [0.25, 0.3) is 0 Å². The molecule has 21 heavy (non-hydrogen) atoms. The minimum absolute atomic E-state index is 0.133. The number of carbonyl (C=O) groups is 1. The molecule has 0 radical (unpaired) electrons. The van der Waals surface area contributed by atoms with Crippen molar-refractivity contribution >= 4 is 17.0 Å². The first-order valence-corrected chi connectivity index (χ1v) is 6.57. The number of para-hydroxylation sites is 1. The zero-order chi connectivity index (χ0) is 14.8. The van der Waals surface area contributed by atoms with Crippen molar-refractivity contribution in [1.29, 1.82) is 0 Å². The maximum atomic E-state index is 12.0. The first-order chi connectivity index (χ1) is 10.2. The van der Waals surface area contributed by atoms with Crippen molar-refractivity contribution < 1.29 is 9.90 Å². The largest absolute Gasteiger partial charge is 0.478 e. The number of hydrogen-bond donors (Lipinski definition) is 2. The van der Waals surface area contributed by atoms with Gasteiger partial charge in [-0.15, -0.1) is 0 Å². The maximum Gasteiger partial charge on any atom is 0.337 e. The van der Waals surface area contributed by atoms with Gasteiger partial charge in [-0.05, 0) is 18.6 Å². The van der Waals surface area contributed by atoms with Crippen LogP contribution in [-0.4, -0.2) is 30.2 Å². The molecule has 0 atom stereocenters. The molecule has 0 spiro atoms. The molecule has 7 nitrogen and oxygen atoms in total. The predicted molar refractivity (Wildman–Crippen MR) is 76.4 cm³/mol. The van der Waals surface area contributed by atoms with E-state index in [-0.39, 0.29) is 11.3 Å². The van der Waals surface area contributed by atoms with Crippen LogP contribution in [0.4, 0.5) is 0 Å². The van der Waals surface area contributed by atoms with Gasteiger partial charge in [0.15, 0.2) is 0 Å². The molecule has 0 aliphatic rings. The summed E-state index contributed by atoms with van der Waals surface area (Å²) in [6.07, 6.45) is 5.96. The second-order valence-corrected chi connectivity index (χ2v) is 4.74. The Morgan fingerprint density at radius 3 is 2.90 bits per heavy atom. The Morgan fingerprint density at radius 1 is 1.33 bits per heavy atom. The second-order valence-electron chi connectivity index (χ2n) is 4.74. The normalized spacial score (nSPS) is 11.0. The number of rotatable bonds is 5. The fraction of sp³-hybridized carbons (Fsp3) is 0.214. The van der Waals surface area contributed by atoms with E-state index >= 15 is 0 Å². The Morgan fingerprint density at radius 2 is 2.19 bits per heavy atom. The van der Waals surface area contributed by atoms with Crippen molar-refractivity contribution in [2.75, 3.05) is 0 Å². The van der Waals surface area contributed by atoms with Gasteiger partial charge < -0.3 is 14.7 Å². The Bertz CT molecular complexity index is 830. The van der Waals surface area contributed by atoms with Crippen LogP contribution in [0.25, 0.3) is 11.0 Å². The SMILES string of the molecule is O=C(O)c1cccc2[nH]c(=O)n(CCCn3ccnc3)c12. The summed E-state index contributed by atoms with van der Waals surface area (Å²) < 4.78 is 3.40. The van der Waals surface area contributed by atoms with Gasteiger partial charge >= 0.3 is 11.7 Å². The van der Waals surface area contributed by atoms with E-state index in [1.54, 1.807) is 24.7 Å². The summed E-state index contributed by atoms with van der Waals surface area (Å²) in [7, 11) is 0. The zero-order valence-corrected chi connectivity index (χ0v) is 11.2. The molecule has 3 rings (SSSR count). The number of nitrogens with one attached hydrogen (secondary N) is 1. The van der Waals surface area contributed by atoms with Gasteiger partial charge in [0.1, 0.15) is 0 Å². The molecule has 0 aliphatic carbocycles. The number of H-pyrrole nitrogens is 1. The highest BCUT2D eigenvalue weighted by Gasteiger charge is 2.14. The van der Waals surface area contributed by atoms with Crippen LogP contribution in [0.1, 0.15) is 16.8 Å². The number of carboxylic acids is 1. The molecule has 0 saturated carbocycles. The Hall–Kier alpha value is -2.83. The topological polar surface area (TPSA) is 92.9 Å². The van der Waals surface area contributed by atoms with Crippen LogP contribution < -0.4 is 5.69 Å². The van der Waals surface area contributed by atoms with Crippen LogP contribution in [0.5, 0.6) is 0 Å². The minimum atomic E-state index is -1.04. The number of carboxylic acid groups (broad SMARTS) is 1. The van der Waals surface area contributed by atoms with E-state index in [2.05, 4.69) is 9.97 Å². The summed E-state index contributed by atoms with van der Waals surface area (Å²) in [5.74, 6) is -1.04. The lowest BCUT2D eigenvalue weighted by atomic mass is 10.2. The quantitative estimate of drug-likeness (QED) is 0.739. The van der Waals surface area contributed by atoms with Crippen molar-refractivity contribution in [2.24, 2.45) is 0 Å². The van der Waals surface area contributed by atoms with E-state index in [1.807, 2.05) is 10.8 Å². The number of aromatic carboxylic acids is 1. The fourth-order valence-electron chi connectivity index (χ4n) is 2.44. The van der Waals surface area contributed by atoms with E-state index < -0.39 is 5.97 Å². The zero-order valence-electron chi connectivity index (χ0n) is 11.2. The van der Waals surface area contributed by atoms with Gasteiger partial charge in [-0.1, -0.05) is 6.07 Å². The number of aryl methyl sites for hydroxylation is 2. The summed E-state index contributed by atoms with van der Waals surface area (Å²) in [5.41, 5.74) is 0.834. The van der Waals surface area contributed by atoms with E-state index in [4.69, 9.17) is 0 Å². The van der Waals surface area contributed by atoms with E-state index in [9.17, 15) is 14.7 Å². The van der Waals surface area contributed by atoms with E-state index in [1.165, 1.54) is 10.6 Å². The van der Waals surface area contributed by atoms with Crippen LogP contribution in [-0.2, 0) is 13.1 Å². The van der Waals surface area contributed by atoms with Crippen molar-refractivity contribution in [2.45, 2.75) is 19.5 Å². The van der Waals surface area contributed by atoms with Gasteiger partial charge in [0.05, 0.1) is 22.9 Å². The van der Waals surface area contributed by atoms with E-state index in [0.717, 1.165) is 0 Å². The van der Waals surface area contributed by atoms with Crippen molar-refractivity contribution in [1.82, 2.24) is 19.1 Å². The van der Waals surface area contributed by atoms with Gasteiger partial charge in [-0.2, -0.15) is 0 Å². The van der Waals surface area contributed by atoms with Crippen LogP contribution >= 0.6 is 0 Å². The molecule has 108 valence electrons. The van der Waals surface area contributed by atoms with Crippen LogP contribution in [0.15, 0.2) is 41.7 Å². The first-order valence-electron chi connectivity index (χ1n) is 6.57. The second kappa shape index (κ2) is 5.28. The number of aromatic nitrogens is 4. The van der Waals surface area contributed by atoms with Crippen molar-refractivity contribution in [3.8, 4) is 0 Å². The molecule has 0 unspecified atom stereocenters. The van der Waals surface area contributed by atoms with Crippen LogP contribution in [0.2, 0.25) is 0 Å². The molecule has 0 amide bonds.